The lowest BCUT2D eigenvalue weighted by atomic mass is 9.84. The zero-order valence-electron chi connectivity index (χ0n) is 10.6. The van der Waals surface area contributed by atoms with Crippen molar-refractivity contribution in [2.45, 2.75) is 53.4 Å². The Morgan fingerprint density at radius 2 is 2.33 bits per heavy atom. The monoisotopic (exact) mass is 204 g/mol. The Hall–Kier alpha value is -0.520. The molecular formula is C15H24. The minimum atomic E-state index is 0.708. The van der Waals surface area contributed by atoms with Gasteiger partial charge in [-0.3, -0.25) is 0 Å². The smallest absolute Gasteiger partial charge is 0.0138 e. The Bertz CT molecular complexity index is 304. The highest BCUT2D eigenvalue weighted by Crippen LogP contribution is 2.67. The van der Waals surface area contributed by atoms with E-state index in [0.29, 0.717) is 5.41 Å². The van der Waals surface area contributed by atoms with Crippen molar-refractivity contribution in [2.75, 3.05) is 0 Å². The van der Waals surface area contributed by atoms with Gasteiger partial charge >= 0.3 is 0 Å². The molecule has 0 aliphatic heterocycles. The van der Waals surface area contributed by atoms with Crippen LogP contribution >= 0.6 is 0 Å². The summed E-state index contributed by atoms with van der Waals surface area (Å²) in [6, 6.07) is 0. The normalized spacial score (nSPS) is 34.4. The molecule has 0 heterocycles. The second kappa shape index (κ2) is 3.81. The fraction of sp³-hybridized carbons (Fsp3) is 0.733. The van der Waals surface area contributed by atoms with E-state index in [-0.39, 0.29) is 0 Å². The van der Waals surface area contributed by atoms with Crippen LogP contribution in [0.15, 0.2) is 23.3 Å². The van der Waals surface area contributed by atoms with Crippen molar-refractivity contribution in [3.05, 3.63) is 23.3 Å². The van der Waals surface area contributed by atoms with Gasteiger partial charge in [-0.05, 0) is 63.7 Å². The zero-order chi connectivity index (χ0) is 11.1. The standard InChI is InChI=1S/C15H24/c1-11(2)6-5-7-13(4)15-9-8-12(3)14(15)10-15/h6,8,13-14H,5,7,9-10H2,1-4H3/t13-,14+,15-/m1/s1. The highest BCUT2D eigenvalue weighted by atomic mass is 14.6. The lowest BCUT2D eigenvalue weighted by molar-refractivity contribution is 0.309. The first-order chi connectivity index (χ1) is 7.06. The molecule has 0 nitrogen and oxygen atoms in total. The summed E-state index contributed by atoms with van der Waals surface area (Å²) < 4.78 is 0. The molecular weight excluding hydrogens is 180 g/mol. The van der Waals surface area contributed by atoms with E-state index in [1.54, 1.807) is 5.57 Å². The van der Waals surface area contributed by atoms with Crippen molar-refractivity contribution < 1.29 is 0 Å². The highest BCUT2D eigenvalue weighted by molar-refractivity contribution is 5.29. The van der Waals surface area contributed by atoms with Gasteiger partial charge in [0, 0.05) is 0 Å². The molecule has 3 atom stereocenters. The van der Waals surface area contributed by atoms with Gasteiger partial charge in [-0.25, -0.2) is 0 Å². The van der Waals surface area contributed by atoms with Crippen LogP contribution in [-0.4, -0.2) is 0 Å². The van der Waals surface area contributed by atoms with Gasteiger partial charge in [-0.1, -0.05) is 30.2 Å². The van der Waals surface area contributed by atoms with Crippen LogP contribution in [0.25, 0.3) is 0 Å². The van der Waals surface area contributed by atoms with Gasteiger partial charge in [0.2, 0.25) is 0 Å². The molecule has 2 rings (SSSR count). The maximum atomic E-state index is 2.48. The fourth-order valence-electron chi connectivity index (χ4n) is 3.31. The summed E-state index contributed by atoms with van der Waals surface area (Å²) in [5.74, 6) is 1.87. The predicted molar refractivity (Wildman–Crippen MR) is 66.7 cm³/mol. The van der Waals surface area contributed by atoms with Crippen LogP contribution in [0.5, 0.6) is 0 Å². The first kappa shape index (κ1) is 11.0. The molecule has 0 heteroatoms. The van der Waals surface area contributed by atoms with Gasteiger partial charge in [0.05, 0.1) is 0 Å². The Balaban J connectivity index is 1.84. The second-order valence-corrected chi connectivity index (χ2v) is 5.90. The number of rotatable bonds is 4. The third-order valence-electron chi connectivity index (χ3n) is 4.61. The van der Waals surface area contributed by atoms with E-state index in [9.17, 15) is 0 Å². The fourth-order valence-corrected chi connectivity index (χ4v) is 3.31. The molecule has 0 N–H and O–H groups in total. The summed E-state index contributed by atoms with van der Waals surface area (Å²) in [5, 5.41) is 0. The van der Waals surface area contributed by atoms with Gasteiger partial charge in [-0.15, -0.1) is 0 Å². The molecule has 0 amide bonds. The van der Waals surface area contributed by atoms with Gasteiger partial charge in [0.15, 0.2) is 0 Å². The van der Waals surface area contributed by atoms with Gasteiger partial charge in [0.1, 0.15) is 0 Å². The zero-order valence-corrected chi connectivity index (χ0v) is 10.6. The third-order valence-corrected chi connectivity index (χ3v) is 4.61. The van der Waals surface area contributed by atoms with Crippen LogP contribution in [0, 0.1) is 17.3 Å². The number of allylic oxidation sites excluding steroid dienone is 4. The maximum absolute atomic E-state index is 2.48. The lowest BCUT2D eigenvalue weighted by Gasteiger charge is -2.20. The van der Waals surface area contributed by atoms with E-state index in [2.05, 4.69) is 39.8 Å². The van der Waals surface area contributed by atoms with Crippen LogP contribution in [0.1, 0.15) is 53.4 Å². The van der Waals surface area contributed by atoms with Crippen molar-refractivity contribution in [2.24, 2.45) is 17.3 Å². The van der Waals surface area contributed by atoms with E-state index in [1.807, 2.05) is 0 Å². The minimum Gasteiger partial charge on any atom is -0.0859 e. The summed E-state index contributed by atoms with van der Waals surface area (Å²) in [5.41, 5.74) is 3.84. The molecule has 1 saturated carbocycles. The van der Waals surface area contributed by atoms with Crippen LogP contribution in [-0.2, 0) is 0 Å². The Morgan fingerprint density at radius 3 is 2.80 bits per heavy atom. The molecule has 0 saturated heterocycles. The molecule has 0 radical (unpaired) electrons. The quantitative estimate of drug-likeness (QED) is 0.581. The molecule has 0 unspecified atom stereocenters. The van der Waals surface area contributed by atoms with Gasteiger partial charge < -0.3 is 0 Å². The second-order valence-electron chi connectivity index (χ2n) is 5.90. The van der Waals surface area contributed by atoms with Crippen LogP contribution in [0.4, 0.5) is 0 Å². The number of hydrogen-bond donors (Lipinski definition) is 0. The Labute approximate surface area is 94.5 Å². The van der Waals surface area contributed by atoms with E-state index in [1.165, 1.54) is 31.3 Å². The van der Waals surface area contributed by atoms with E-state index >= 15 is 0 Å². The molecule has 0 aromatic carbocycles. The average molecular weight is 204 g/mol. The molecule has 15 heavy (non-hydrogen) atoms. The minimum absolute atomic E-state index is 0.708. The van der Waals surface area contributed by atoms with E-state index in [4.69, 9.17) is 0 Å². The first-order valence-corrected chi connectivity index (χ1v) is 6.36. The first-order valence-electron chi connectivity index (χ1n) is 6.36. The molecule has 0 bridgehead atoms. The number of hydrogen-bond acceptors (Lipinski definition) is 0. The summed E-state index contributed by atoms with van der Waals surface area (Å²) in [4.78, 5) is 0. The van der Waals surface area contributed by atoms with Crippen LogP contribution < -0.4 is 0 Å². The lowest BCUT2D eigenvalue weighted by Crippen LogP contribution is -2.12. The molecule has 0 spiro atoms. The van der Waals surface area contributed by atoms with E-state index < -0.39 is 0 Å². The summed E-state index contributed by atoms with van der Waals surface area (Å²) in [6.45, 7) is 9.18. The Kier molecular flexibility index (Phi) is 2.79. The van der Waals surface area contributed by atoms with Crippen LogP contribution in [0.2, 0.25) is 0 Å². The largest absolute Gasteiger partial charge is 0.0859 e. The Morgan fingerprint density at radius 1 is 1.60 bits per heavy atom. The SMILES string of the molecule is CC(C)=CCC[C@@H](C)[C@]12CC=C(C)[C@@H]1C2. The van der Waals surface area contributed by atoms with Gasteiger partial charge in [0.25, 0.3) is 0 Å². The van der Waals surface area contributed by atoms with Crippen molar-refractivity contribution in [1.82, 2.24) is 0 Å². The van der Waals surface area contributed by atoms with Gasteiger partial charge in [-0.2, -0.15) is 0 Å². The topological polar surface area (TPSA) is 0 Å². The molecule has 84 valence electrons. The van der Waals surface area contributed by atoms with Crippen molar-refractivity contribution >= 4 is 0 Å². The van der Waals surface area contributed by atoms with E-state index in [0.717, 1.165) is 11.8 Å². The van der Waals surface area contributed by atoms with Crippen molar-refractivity contribution in [3.8, 4) is 0 Å². The summed E-state index contributed by atoms with van der Waals surface area (Å²) in [7, 11) is 0. The summed E-state index contributed by atoms with van der Waals surface area (Å²) >= 11 is 0. The molecule has 0 aromatic rings. The van der Waals surface area contributed by atoms with Crippen molar-refractivity contribution in [3.63, 3.8) is 0 Å². The molecule has 1 fully saturated rings. The van der Waals surface area contributed by atoms with Crippen molar-refractivity contribution in [1.29, 1.82) is 0 Å². The highest BCUT2D eigenvalue weighted by Gasteiger charge is 2.59. The number of fused-ring (bicyclic) bond motifs is 1. The summed E-state index contributed by atoms with van der Waals surface area (Å²) in [6.07, 6.45) is 10.4. The third kappa shape index (κ3) is 1.91. The molecule has 2 aliphatic carbocycles. The molecule has 0 aromatic heterocycles. The maximum Gasteiger partial charge on any atom is -0.0138 e. The molecule has 2 aliphatic rings. The average Bonchev–Trinajstić information content (AvgIpc) is 2.82. The predicted octanol–water partition coefficient (Wildman–Crippen LogP) is 4.73. The van der Waals surface area contributed by atoms with Crippen LogP contribution in [0.3, 0.4) is 0 Å².